The van der Waals surface area contributed by atoms with Crippen molar-refractivity contribution < 1.29 is 24.3 Å². The van der Waals surface area contributed by atoms with Gasteiger partial charge in [-0.05, 0) is 39.2 Å². The summed E-state index contributed by atoms with van der Waals surface area (Å²) >= 11 is 0. The monoisotopic (exact) mass is 400 g/mol. The van der Waals surface area contributed by atoms with Crippen LogP contribution in [0.3, 0.4) is 0 Å². The molecule has 160 valence electrons. The van der Waals surface area contributed by atoms with E-state index in [9.17, 15) is 24.3 Å². The largest absolute Gasteiger partial charge is 0.480 e. The van der Waals surface area contributed by atoms with Crippen LogP contribution in [0.4, 0.5) is 0 Å². The molecular weight excluding hydrogens is 368 g/mol. The van der Waals surface area contributed by atoms with Gasteiger partial charge in [0.25, 0.3) is 5.91 Å². The van der Waals surface area contributed by atoms with Gasteiger partial charge in [-0.1, -0.05) is 6.42 Å². The third kappa shape index (κ3) is 9.86. The Labute approximate surface area is 164 Å². The van der Waals surface area contributed by atoms with Gasteiger partial charge in [0.05, 0.1) is 0 Å². The maximum absolute atomic E-state index is 12.9. The molecule has 2 unspecified atom stereocenters. The van der Waals surface area contributed by atoms with Crippen molar-refractivity contribution in [3.05, 3.63) is 0 Å². The molecule has 0 saturated carbocycles. The molecule has 0 saturated heterocycles. The van der Waals surface area contributed by atoms with E-state index in [1.54, 1.807) is 0 Å². The van der Waals surface area contributed by atoms with E-state index in [0.29, 0.717) is 37.3 Å². The summed E-state index contributed by atoms with van der Waals surface area (Å²) in [6, 6.07) is -2.41. The Morgan fingerprint density at radius 1 is 1.14 bits per heavy atom. The molecule has 3 amide bonds. The third-order valence-electron chi connectivity index (χ3n) is 4.01. The molecule has 0 heterocycles. The highest BCUT2D eigenvalue weighted by molar-refractivity contribution is 6.02. The fourth-order valence-electron chi connectivity index (χ4n) is 2.56. The minimum absolute atomic E-state index is 0.0159. The van der Waals surface area contributed by atoms with E-state index in [2.05, 4.69) is 10.6 Å². The standard InChI is InChI=1S/C17H32N6O5/c1-11(16(27)28)23(14(25)8-4-3-5-9-18)15(26)13(22-12(2)24)7-6-10-21-17(19)20/h11,13H,3-10,18H2,1-2H3,(H,22,24)(H,27,28)(H4,19,20,21). The first-order valence-corrected chi connectivity index (χ1v) is 9.25. The summed E-state index contributed by atoms with van der Waals surface area (Å²) in [4.78, 5) is 49.0. The second kappa shape index (κ2) is 13.5. The van der Waals surface area contributed by atoms with Crippen LogP contribution in [0, 0.1) is 5.41 Å². The quantitative estimate of drug-likeness (QED) is 0.130. The number of carboxylic acids is 1. The number of hydrogen-bond donors (Lipinski definition) is 6. The molecule has 11 heteroatoms. The average molecular weight is 400 g/mol. The van der Waals surface area contributed by atoms with E-state index in [-0.39, 0.29) is 18.8 Å². The molecule has 0 aliphatic rings. The lowest BCUT2D eigenvalue weighted by atomic mass is 10.1. The molecule has 2 atom stereocenters. The Morgan fingerprint density at radius 2 is 1.79 bits per heavy atom. The lowest BCUT2D eigenvalue weighted by molar-refractivity contribution is -0.158. The molecule has 0 fully saturated rings. The van der Waals surface area contributed by atoms with Crippen LogP contribution in [0.15, 0.2) is 0 Å². The average Bonchev–Trinajstić information content (AvgIpc) is 2.60. The van der Waals surface area contributed by atoms with Crippen molar-refractivity contribution in [3.63, 3.8) is 0 Å². The van der Waals surface area contributed by atoms with Crippen LogP contribution in [0.25, 0.3) is 0 Å². The van der Waals surface area contributed by atoms with Crippen LogP contribution in [0.2, 0.25) is 0 Å². The first kappa shape index (κ1) is 25.3. The van der Waals surface area contributed by atoms with Gasteiger partial charge in [-0.3, -0.25) is 24.7 Å². The summed E-state index contributed by atoms with van der Waals surface area (Å²) in [7, 11) is 0. The van der Waals surface area contributed by atoms with Crippen molar-refractivity contribution in [3.8, 4) is 0 Å². The van der Waals surface area contributed by atoms with E-state index < -0.39 is 35.8 Å². The minimum atomic E-state index is -1.36. The Morgan fingerprint density at radius 3 is 2.29 bits per heavy atom. The summed E-state index contributed by atoms with van der Waals surface area (Å²) in [6.45, 7) is 3.26. The van der Waals surface area contributed by atoms with Crippen molar-refractivity contribution >= 4 is 29.7 Å². The highest BCUT2D eigenvalue weighted by Gasteiger charge is 2.35. The first-order valence-electron chi connectivity index (χ1n) is 9.25. The molecular formula is C17H32N6O5. The van der Waals surface area contributed by atoms with Crippen LogP contribution in [0.5, 0.6) is 0 Å². The molecule has 0 bridgehead atoms. The Hall–Kier alpha value is -2.69. The number of nitrogens with two attached hydrogens (primary N) is 2. The van der Waals surface area contributed by atoms with Crippen LogP contribution < -0.4 is 22.1 Å². The van der Waals surface area contributed by atoms with Crippen molar-refractivity contribution in [2.24, 2.45) is 11.5 Å². The van der Waals surface area contributed by atoms with Gasteiger partial charge in [0.1, 0.15) is 12.1 Å². The van der Waals surface area contributed by atoms with Crippen molar-refractivity contribution in [2.45, 2.75) is 64.5 Å². The summed E-state index contributed by atoms with van der Waals surface area (Å²) in [5, 5.41) is 21.5. The van der Waals surface area contributed by atoms with Crippen molar-refractivity contribution in [1.82, 2.24) is 15.5 Å². The van der Waals surface area contributed by atoms with Gasteiger partial charge in [-0.25, -0.2) is 4.79 Å². The molecule has 0 spiro atoms. The van der Waals surface area contributed by atoms with Crippen molar-refractivity contribution in [1.29, 1.82) is 5.41 Å². The lowest BCUT2D eigenvalue weighted by Crippen LogP contribution is -2.55. The summed E-state index contributed by atoms with van der Waals surface area (Å²) in [5.41, 5.74) is 10.6. The van der Waals surface area contributed by atoms with E-state index in [1.165, 1.54) is 13.8 Å². The number of carbonyl (C=O) groups excluding carboxylic acids is 3. The molecule has 0 aromatic carbocycles. The predicted molar refractivity (Wildman–Crippen MR) is 103 cm³/mol. The van der Waals surface area contributed by atoms with Crippen LogP contribution in [-0.2, 0) is 19.2 Å². The Balaban J connectivity index is 5.26. The molecule has 0 aliphatic heterocycles. The van der Waals surface area contributed by atoms with Gasteiger partial charge in [0.15, 0.2) is 5.96 Å². The van der Waals surface area contributed by atoms with Crippen LogP contribution >= 0.6 is 0 Å². The highest BCUT2D eigenvalue weighted by Crippen LogP contribution is 2.12. The fourth-order valence-corrected chi connectivity index (χ4v) is 2.56. The van der Waals surface area contributed by atoms with Crippen molar-refractivity contribution in [2.75, 3.05) is 13.1 Å². The van der Waals surface area contributed by atoms with E-state index in [4.69, 9.17) is 16.9 Å². The molecule has 11 nitrogen and oxygen atoms in total. The van der Waals surface area contributed by atoms with E-state index >= 15 is 0 Å². The first-order chi connectivity index (χ1) is 13.1. The molecule has 0 aromatic heterocycles. The number of unbranched alkanes of at least 4 members (excludes halogenated alkanes) is 2. The minimum Gasteiger partial charge on any atom is -0.480 e. The van der Waals surface area contributed by atoms with Gasteiger partial charge in [0.2, 0.25) is 11.8 Å². The second-order valence-electron chi connectivity index (χ2n) is 6.45. The normalized spacial score (nSPS) is 12.5. The number of imide groups is 1. The molecule has 28 heavy (non-hydrogen) atoms. The third-order valence-corrected chi connectivity index (χ3v) is 4.01. The van der Waals surface area contributed by atoms with Gasteiger partial charge < -0.3 is 27.2 Å². The smallest absolute Gasteiger partial charge is 0.326 e. The Kier molecular flexibility index (Phi) is 12.2. The zero-order valence-electron chi connectivity index (χ0n) is 16.5. The van der Waals surface area contributed by atoms with Gasteiger partial charge in [-0.2, -0.15) is 0 Å². The summed E-state index contributed by atoms with van der Waals surface area (Å²) < 4.78 is 0. The maximum Gasteiger partial charge on any atom is 0.326 e. The Bertz CT molecular complexity index is 568. The molecule has 8 N–H and O–H groups in total. The summed E-state index contributed by atoms with van der Waals surface area (Å²) in [5.74, 6) is -3.39. The number of carboxylic acid groups (broad SMARTS) is 1. The molecule has 0 rings (SSSR count). The number of rotatable bonds is 13. The van der Waals surface area contributed by atoms with Gasteiger partial charge in [0, 0.05) is 19.9 Å². The predicted octanol–water partition coefficient (Wildman–Crippen LogP) is -0.898. The van der Waals surface area contributed by atoms with Crippen LogP contribution in [0.1, 0.15) is 52.4 Å². The van der Waals surface area contributed by atoms with Crippen LogP contribution in [-0.4, -0.2) is 64.8 Å². The number of guanidine groups is 1. The highest BCUT2D eigenvalue weighted by atomic mass is 16.4. The zero-order chi connectivity index (χ0) is 21.7. The second-order valence-corrected chi connectivity index (χ2v) is 6.45. The van der Waals surface area contributed by atoms with E-state index in [1.807, 2.05) is 0 Å². The van der Waals surface area contributed by atoms with E-state index in [0.717, 1.165) is 6.42 Å². The SMILES string of the molecule is CC(=O)NC(CCCNC(=N)N)C(=O)N(C(=O)CCCCCN)C(C)C(=O)O. The zero-order valence-corrected chi connectivity index (χ0v) is 16.5. The number of aliphatic carboxylic acids is 1. The molecule has 0 aliphatic carbocycles. The number of carbonyl (C=O) groups is 4. The lowest BCUT2D eigenvalue weighted by Gasteiger charge is -2.29. The number of hydrogen-bond acceptors (Lipinski definition) is 6. The number of amides is 3. The fraction of sp³-hybridized carbons (Fsp3) is 0.706. The molecule has 0 aromatic rings. The van der Waals surface area contributed by atoms with Gasteiger partial charge >= 0.3 is 5.97 Å². The van der Waals surface area contributed by atoms with Gasteiger partial charge in [-0.15, -0.1) is 0 Å². The number of nitrogens with one attached hydrogen (secondary N) is 3. The summed E-state index contributed by atoms with van der Waals surface area (Å²) in [6.07, 6.45) is 2.45. The topological polar surface area (TPSA) is 192 Å². The number of nitrogens with zero attached hydrogens (tertiary/aromatic N) is 1. The molecule has 0 radical (unpaired) electrons. The maximum atomic E-state index is 12.9.